The van der Waals surface area contributed by atoms with E-state index in [4.69, 9.17) is 4.74 Å². The molecule has 264 valence electrons. The highest BCUT2D eigenvalue weighted by Crippen LogP contribution is 2.38. The zero-order valence-corrected chi connectivity index (χ0v) is 29.5. The number of carbonyl (C=O) groups is 2. The molecule has 1 amide bonds. The van der Waals surface area contributed by atoms with Crippen LogP contribution in [0.2, 0.25) is 0 Å². The fourth-order valence-electron chi connectivity index (χ4n) is 5.81. The number of carbonyl (C=O) groups excluding carboxylic acids is 1. The fourth-order valence-corrected chi connectivity index (χ4v) is 5.81. The number of hydrogen-bond acceptors (Lipinski definition) is 6. The number of anilines is 3. The Kier molecular flexibility index (Phi) is 14.2. The number of piperazine rings is 1. The lowest BCUT2D eigenvalue weighted by molar-refractivity contribution is 0.0694. The lowest BCUT2D eigenvalue weighted by Crippen LogP contribution is -2.47. The van der Waals surface area contributed by atoms with Crippen molar-refractivity contribution in [2.45, 2.75) is 99.1 Å². The molecule has 0 spiro atoms. The highest BCUT2D eigenvalue weighted by Gasteiger charge is 2.32. The van der Waals surface area contributed by atoms with E-state index in [1.54, 1.807) is 22.8 Å². The first-order chi connectivity index (χ1) is 23.2. The summed E-state index contributed by atoms with van der Waals surface area (Å²) in [6.45, 7) is 16.4. The van der Waals surface area contributed by atoms with Gasteiger partial charge in [-0.15, -0.1) is 0 Å². The number of cyclic esters (lactones) is 1. The van der Waals surface area contributed by atoms with Crippen molar-refractivity contribution in [2.75, 3.05) is 47.4 Å². The number of rotatable bonds is 8. The van der Waals surface area contributed by atoms with E-state index in [0.29, 0.717) is 61.7 Å². The van der Waals surface area contributed by atoms with Crippen molar-refractivity contribution in [2.24, 2.45) is 0 Å². The average Bonchev–Trinajstić information content (AvgIpc) is 3.88. The molecule has 1 aromatic heterocycles. The molecule has 1 atom stereocenters. The molecule has 2 aliphatic heterocycles. The summed E-state index contributed by atoms with van der Waals surface area (Å²) in [7, 11) is 0. The molecule has 3 aromatic rings. The summed E-state index contributed by atoms with van der Waals surface area (Å²) in [6.07, 6.45) is 7.17. The zero-order valence-electron chi connectivity index (χ0n) is 29.5. The molecule has 2 saturated heterocycles. The minimum Gasteiger partial charge on any atom is -0.477 e. The van der Waals surface area contributed by atoms with E-state index in [9.17, 15) is 19.5 Å². The summed E-state index contributed by atoms with van der Waals surface area (Å²) < 4.78 is 37.5. The number of halogens is 2. The minimum absolute atomic E-state index is 0.0518. The van der Waals surface area contributed by atoms with E-state index in [-0.39, 0.29) is 23.1 Å². The van der Waals surface area contributed by atoms with Crippen molar-refractivity contribution < 1.29 is 28.2 Å². The number of aromatic carboxylic acids is 1. The number of amides is 1. The van der Waals surface area contributed by atoms with Gasteiger partial charge in [-0.05, 0) is 49.6 Å². The SMILES string of the molecule is CC.CC.CCCCC.CC[C@H]1CN(c2ccc(N3CCN(c4cc5c(cc4F)c(=O)c(C(=O)O)cn5C4CC4)CC3)c(F)c2)C(=O)O1. The van der Waals surface area contributed by atoms with Crippen LogP contribution in [0.25, 0.3) is 10.9 Å². The molecular formula is C37H52F2N4O5. The lowest BCUT2D eigenvalue weighted by Gasteiger charge is -2.37. The van der Waals surface area contributed by atoms with Gasteiger partial charge >= 0.3 is 12.1 Å². The summed E-state index contributed by atoms with van der Waals surface area (Å²) in [6, 6.07) is 7.54. The fraction of sp³-hybridized carbons (Fsp3) is 0.541. The Morgan fingerprint density at radius 1 is 0.875 bits per heavy atom. The van der Waals surface area contributed by atoms with Crippen LogP contribution in [-0.4, -0.2) is 60.6 Å². The summed E-state index contributed by atoms with van der Waals surface area (Å²) in [4.78, 5) is 41.6. The van der Waals surface area contributed by atoms with Crippen molar-refractivity contribution in [1.29, 1.82) is 0 Å². The molecule has 6 rings (SSSR count). The summed E-state index contributed by atoms with van der Waals surface area (Å²) in [5.74, 6) is -2.38. The smallest absolute Gasteiger partial charge is 0.414 e. The maximum absolute atomic E-state index is 15.3. The highest BCUT2D eigenvalue weighted by molar-refractivity contribution is 5.94. The van der Waals surface area contributed by atoms with Gasteiger partial charge in [-0.2, -0.15) is 0 Å². The lowest BCUT2D eigenvalue weighted by atomic mass is 10.1. The van der Waals surface area contributed by atoms with Gasteiger partial charge in [0.2, 0.25) is 5.43 Å². The summed E-state index contributed by atoms with van der Waals surface area (Å²) in [5.41, 5.74) is 0.625. The van der Waals surface area contributed by atoms with Gasteiger partial charge in [-0.3, -0.25) is 9.69 Å². The molecule has 11 heteroatoms. The van der Waals surface area contributed by atoms with Crippen LogP contribution >= 0.6 is 0 Å². The molecule has 1 saturated carbocycles. The third kappa shape index (κ3) is 8.65. The van der Waals surface area contributed by atoms with Crippen molar-refractivity contribution in [3.8, 4) is 0 Å². The first kappa shape index (κ1) is 38.3. The van der Waals surface area contributed by atoms with Crippen LogP contribution in [0, 0.1) is 11.6 Å². The maximum atomic E-state index is 15.3. The van der Waals surface area contributed by atoms with Gasteiger partial charge in [0.25, 0.3) is 0 Å². The predicted molar refractivity (Wildman–Crippen MR) is 190 cm³/mol. The molecule has 0 unspecified atom stereocenters. The zero-order chi connectivity index (χ0) is 35.5. The van der Waals surface area contributed by atoms with Crippen LogP contribution in [0.5, 0.6) is 0 Å². The third-order valence-corrected chi connectivity index (χ3v) is 8.51. The first-order valence-corrected chi connectivity index (χ1v) is 17.6. The number of pyridine rings is 1. The van der Waals surface area contributed by atoms with Crippen LogP contribution in [0.15, 0.2) is 41.3 Å². The van der Waals surface area contributed by atoms with E-state index in [0.717, 1.165) is 18.9 Å². The Labute approximate surface area is 283 Å². The van der Waals surface area contributed by atoms with Crippen molar-refractivity contribution >= 4 is 40.0 Å². The Balaban J connectivity index is 0.000000628. The van der Waals surface area contributed by atoms with E-state index < -0.39 is 29.1 Å². The predicted octanol–water partition coefficient (Wildman–Crippen LogP) is 8.62. The van der Waals surface area contributed by atoms with E-state index in [1.807, 2.05) is 44.4 Å². The van der Waals surface area contributed by atoms with Crippen LogP contribution in [-0.2, 0) is 4.74 Å². The third-order valence-electron chi connectivity index (χ3n) is 8.51. The van der Waals surface area contributed by atoms with Gasteiger partial charge in [0.1, 0.15) is 23.3 Å². The van der Waals surface area contributed by atoms with Gasteiger partial charge in [0, 0.05) is 43.8 Å². The Morgan fingerprint density at radius 2 is 1.46 bits per heavy atom. The first-order valence-electron chi connectivity index (χ1n) is 17.6. The van der Waals surface area contributed by atoms with Crippen LogP contribution < -0.4 is 20.1 Å². The second kappa shape index (κ2) is 17.8. The molecule has 48 heavy (non-hydrogen) atoms. The number of carboxylic acid groups (broad SMARTS) is 1. The van der Waals surface area contributed by atoms with Crippen molar-refractivity contribution in [3.05, 3.63) is 63.9 Å². The van der Waals surface area contributed by atoms with Gasteiger partial charge in [0.15, 0.2) is 0 Å². The molecule has 3 heterocycles. The number of hydrogen-bond donors (Lipinski definition) is 1. The number of carboxylic acids is 1. The molecule has 0 radical (unpaired) electrons. The second-order valence-corrected chi connectivity index (χ2v) is 11.6. The molecule has 0 bridgehead atoms. The Hall–Kier alpha value is -4.15. The summed E-state index contributed by atoms with van der Waals surface area (Å²) in [5, 5.41) is 9.50. The Bertz CT molecular complexity index is 1600. The van der Waals surface area contributed by atoms with E-state index in [1.165, 1.54) is 36.4 Å². The largest absolute Gasteiger partial charge is 0.477 e. The van der Waals surface area contributed by atoms with Gasteiger partial charge < -0.3 is 24.2 Å². The van der Waals surface area contributed by atoms with Crippen molar-refractivity contribution in [3.63, 3.8) is 0 Å². The van der Waals surface area contributed by atoms with Gasteiger partial charge in [-0.1, -0.05) is 67.7 Å². The molecule has 2 aromatic carbocycles. The van der Waals surface area contributed by atoms with Gasteiger partial charge in [-0.25, -0.2) is 18.4 Å². The maximum Gasteiger partial charge on any atom is 0.414 e. The number of benzene rings is 2. The van der Waals surface area contributed by atoms with Gasteiger partial charge in [0.05, 0.1) is 29.1 Å². The molecule has 9 nitrogen and oxygen atoms in total. The van der Waals surface area contributed by atoms with E-state index >= 15 is 8.78 Å². The molecule has 1 N–H and O–H groups in total. The topological polar surface area (TPSA) is 95.3 Å². The monoisotopic (exact) mass is 670 g/mol. The number of unbranched alkanes of at least 4 members (excludes halogenated alkanes) is 2. The number of fused-ring (bicyclic) bond motifs is 1. The highest BCUT2D eigenvalue weighted by atomic mass is 19.1. The van der Waals surface area contributed by atoms with Crippen LogP contribution in [0.1, 0.15) is 103 Å². The molecule has 3 aliphatic rings. The average molecular weight is 671 g/mol. The molecular weight excluding hydrogens is 618 g/mol. The standard InChI is InChI=1S/C28H28F2N4O5.C5H12.2C2H6/c1-2-18-14-34(28(38)39-18)17-5-6-23(21(29)11-17)31-7-9-32(10-8-31)25-13-24-19(12-22(25)30)26(35)20(27(36)37)15-33(24)16-3-4-16;1-3-5-4-2;2*1-2/h5-6,11-13,15-16,18H,2-4,7-10,14H2,1H3,(H,36,37);3-5H2,1-2H3;2*1-2H3/t18-;;;/m0.../s1. The number of nitrogens with zero attached hydrogens (tertiary/aromatic N) is 4. The molecule has 1 aliphatic carbocycles. The van der Waals surface area contributed by atoms with E-state index in [2.05, 4.69) is 13.8 Å². The normalized spacial score (nSPS) is 17.1. The van der Waals surface area contributed by atoms with Crippen molar-refractivity contribution in [1.82, 2.24) is 4.57 Å². The number of ether oxygens (including phenoxy) is 1. The van der Waals surface area contributed by atoms with Crippen LogP contribution in [0.3, 0.4) is 0 Å². The Morgan fingerprint density at radius 3 is 1.94 bits per heavy atom. The quantitative estimate of drug-likeness (QED) is 0.256. The minimum atomic E-state index is -1.33. The summed E-state index contributed by atoms with van der Waals surface area (Å²) >= 11 is 0. The second-order valence-electron chi connectivity index (χ2n) is 11.6. The molecule has 3 fully saturated rings. The number of aromatic nitrogens is 1. The van der Waals surface area contributed by atoms with Crippen LogP contribution in [0.4, 0.5) is 30.6 Å².